The summed E-state index contributed by atoms with van der Waals surface area (Å²) in [5.74, 6) is -0.264. The molecular formula is C21H27N3O6S. The van der Waals surface area contributed by atoms with Gasteiger partial charge >= 0.3 is 0 Å². The van der Waals surface area contributed by atoms with Crippen molar-refractivity contribution in [3.8, 4) is 5.75 Å². The summed E-state index contributed by atoms with van der Waals surface area (Å²) < 4.78 is 38.1. The average Bonchev–Trinajstić information content (AvgIpc) is 3.04. The second-order valence-electron chi connectivity index (χ2n) is 7.79. The fourth-order valence-corrected chi connectivity index (χ4v) is 4.46. The molecule has 1 N–H and O–H groups in total. The predicted molar refractivity (Wildman–Crippen MR) is 112 cm³/mol. The molecule has 10 heteroatoms. The van der Waals surface area contributed by atoms with Gasteiger partial charge in [0.2, 0.25) is 0 Å². The van der Waals surface area contributed by atoms with Gasteiger partial charge in [-0.25, -0.2) is 13.1 Å². The number of rotatable bonds is 8. The van der Waals surface area contributed by atoms with Crippen molar-refractivity contribution in [1.29, 1.82) is 0 Å². The number of hydrogen-bond acceptors (Lipinski definition) is 7. The van der Waals surface area contributed by atoms with Crippen molar-refractivity contribution in [3.05, 3.63) is 41.3 Å². The Kier molecular flexibility index (Phi) is 6.40. The number of aromatic nitrogens is 1. The first-order valence-electron chi connectivity index (χ1n) is 10.1. The maximum absolute atomic E-state index is 12.9. The van der Waals surface area contributed by atoms with E-state index < -0.39 is 27.4 Å². The zero-order chi connectivity index (χ0) is 22.8. The van der Waals surface area contributed by atoms with Crippen molar-refractivity contribution in [2.75, 3.05) is 13.2 Å². The van der Waals surface area contributed by atoms with Crippen LogP contribution >= 0.6 is 0 Å². The highest BCUT2D eigenvalue weighted by Crippen LogP contribution is 2.34. The Morgan fingerprint density at radius 3 is 2.45 bits per heavy atom. The zero-order valence-corrected chi connectivity index (χ0v) is 18.9. The average molecular weight is 450 g/mol. The number of benzene rings is 1. The Balaban J connectivity index is 1.71. The minimum Gasteiger partial charge on any atom is -0.494 e. The molecule has 0 aliphatic carbocycles. The van der Waals surface area contributed by atoms with E-state index in [1.165, 1.54) is 17.0 Å². The van der Waals surface area contributed by atoms with Crippen LogP contribution in [0.2, 0.25) is 0 Å². The molecule has 9 nitrogen and oxygen atoms in total. The number of nitrogens with zero attached hydrogens (tertiary/aromatic N) is 2. The van der Waals surface area contributed by atoms with Gasteiger partial charge in [-0.3, -0.25) is 9.59 Å². The predicted octanol–water partition coefficient (Wildman–Crippen LogP) is 2.58. The highest BCUT2D eigenvalue weighted by Gasteiger charge is 2.51. The first-order chi connectivity index (χ1) is 14.6. The third kappa shape index (κ3) is 4.43. The summed E-state index contributed by atoms with van der Waals surface area (Å²) in [6.45, 7) is 7.73. The molecule has 1 unspecified atom stereocenters. The number of aryl methyl sites for hydroxylation is 2. The van der Waals surface area contributed by atoms with Crippen LogP contribution in [-0.4, -0.2) is 49.0 Å². The molecule has 0 spiro atoms. The van der Waals surface area contributed by atoms with Gasteiger partial charge in [-0.1, -0.05) is 18.5 Å². The summed E-state index contributed by atoms with van der Waals surface area (Å²) in [5.41, 5.74) is -0.574. The van der Waals surface area contributed by atoms with Gasteiger partial charge in [0.05, 0.1) is 17.2 Å². The molecule has 1 aliphatic heterocycles. The minimum atomic E-state index is -4.10. The molecule has 2 heterocycles. The second-order valence-corrected chi connectivity index (χ2v) is 9.47. The smallest absolute Gasteiger partial charge is 0.264 e. The molecule has 2 aromatic rings. The normalized spacial score (nSPS) is 18.4. The summed E-state index contributed by atoms with van der Waals surface area (Å²) in [5, 5.41) is 3.77. The highest BCUT2D eigenvalue weighted by molar-refractivity contribution is 7.90. The number of carbonyl (C=O) groups excluding carboxylic acids is 2. The molecule has 0 bridgehead atoms. The van der Waals surface area contributed by atoms with Crippen LogP contribution in [0.3, 0.4) is 0 Å². The van der Waals surface area contributed by atoms with Crippen LogP contribution < -0.4 is 9.46 Å². The molecular weight excluding hydrogens is 422 g/mol. The van der Waals surface area contributed by atoms with Crippen LogP contribution in [0.1, 0.15) is 54.9 Å². The molecule has 2 amide bonds. The monoisotopic (exact) mass is 449 g/mol. The van der Waals surface area contributed by atoms with E-state index >= 15 is 0 Å². The third-order valence-electron chi connectivity index (χ3n) is 5.53. The summed E-state index contributed by atoms with van der Waals surface area (Å²) in [7, 11) is -4.10. The van der Waals surface area contributed by atoms with Crippen molar-refractivity contribution in [1.82, 2.24) is 14.8 Å². The lowest BCUT2D eigenvalue weighted by atomic mass is 9.85. The Hall–Kier alpha value is -2.88. The minimum absolute atomic E-state index is 0.0600. The van der Waals surface area contributed by atoms with Crippen LogP contribution in [0.5, 0.6) is 5.75 Å². The fourth-order valence-electron chi connectivity index (χ4n) is 3.38. The van der Waals surface area contributed by atoms with Crippen molar-refractivity contribution in [3.63, 3.8) is 0 Å². The van der Waals surface area contributed by atoms with Gasteiger partial charge in [0.15, 0.2) is 0 Å². The molecule has 168 valence electrons. The lowest BCUT2D eigenvalue weighted by molar-refractivity contribution is -0.135. The van der Waals surface area contributed by atoms with Crippen LogP contribution in [0.15, 0.2) is 33.7 Å². The fraction of sp³-hybridized carbons (Fsp3) is 0.476. The van der Waals surface area contributed by atoms with Gasteiger partial charge in [0.1, 0.15) is 22.6 Å². The van der Waals surface area contributed by atoms with E-state index in [4.69, 9.17) is 9.26 Å². The molecule has 1 atom stereocenters. The van der Waals surface area contributed by atoms with Crippen LogP contribution in [0.4, 0.5) is 0 Å². The van der Waals surface area contributed by atoms with Crippen LogP contribution in [0.25, 0.3) is 0 Å². The van der Waals surface area contributed by atoms with E-state index in [-0.39, 0.29) is 4.90 Å². The van der Waals surface area contributed by atoms with Crippen molar-refractivity contribution < 1.29 is 27.3 Å². The Morgan fingerprint density at radius 1 is 1.26 bits per heavy atom. The summed E-state index contributed by atoms with van der Waals surface area (Å²) in [6.07, 6.45) is 2.23. The zero-order valence-electron chi connectivity index (χ0n) is 18.1. The molecule has 1 saturated heterocycles. The number of ether oxygens (including phenoxy) is 1. The van der Waals surface area contributed by atoms with Gasteiger partial charge in [-0.05, 0) is 57.9 Å². The maximum atomic E-state index is 12.9. The largest absolute Gasteiger partial charge is 0.494 e. The van der Waals surface area contributed by atoms with Crippen LogP contribution in [0, 0.1) is 13.8 Å². The van der Waals surface area contributed by atoms with Crippen molar-refractivity contribution >= 4 is 21.8 Å². The van der Waals surface area contributed by atoms with E-state index in [0.717, 1.165) is 12.8 Å². The number of carbonyl (C=O) groups is 2. The SMILES string of the molecule is CCCCOc1ccc(S(=O)(=O)NC(=O)C2(C)CCN2C(=O)c2c(C)noc2C)cc1. The number of unbranched alkanes of at least 4 members (excludes halogenated alkanes) is 1. The van der Waals surface area contributed by atoms with E-state index in [9.17, 15) is 18.0 Å². The van der Waals surface area contributed by atoms with Crippen molar-refractivity contribution in [2.24, 2.45) is 0 Å². The Bertz CT molecular complexity index is 1060. The molecule has 1 aliphatic rings. The lowest BCUT2D eigenvalue weighted by Crippen LogP contribution is -2.67. The Morgan fingerprint density at radius 2 is 1.94 bits per heavy atom. The van der Waals surface area contributed by atoms with E-state index in [1.807, 2.05) is 6.92 Å². The highest BCUT2D eigenvalue weighted by atomic mass is 32.2. The topological polar surface area (TPSA) is 119 Å². The third-order valence-corrected chi connectivity index (χ3v) is 6.87. The second kappa shape index (κ2) is 8.70. The molecule has 1 aromatic heterocycles. The molecule has 0 radical (unpaired) electrons. The molecule has 31 heavy (non-hydrogen) atoms. The number of sulfonamides is 1. The number of amides is 2. The van der Waals surface area contributed by atoms with Gasteiger partial charge in [0.25, 0.3) is 21.8 Å². The standard InChI is InChI=1S/C21H27N3O6S/c1-5-6-13-29-16-7-9-17(10-8-16)31(27,28)23-20(26)21(4)11-12-24(21)19(25)18-14(2)22-30-15(18)3/h7-10H,5-6,11-13H2,1-4H3,(H,23,26). The first-order valence-corrected chi connectivity index (χ1v) is 11.6. The van der Waals surface area contributed by atoms with Gasteiger partial charge in [-0.15, -0.1) is 0 Å². The quantitative estimate of drug-likeness (QED) is 0.615. The molecule has 3 rings (SSSR count). The van der Waals surface area contributed by atoms with Gasteiger partial charge < -0.3 is 14.2 Å². The first kappa shape index (κ1) is 22.8. The summed E-state index contributed by atoms with van der Waals surface area (Å²) in [6, 6.07) is 5.86. The summed E-state index contributed by atoms with van der Waals surface area (Å²) >= 11 is 0. The summed E-state index contributed by atoms with van der Waals surface area (Å²) in [4.78, 5) is 27.1. The Labute approximate surface area is 181 Å². The van der Waals surface area contributed by atoms with E-state index in [0.29, 0.717) is 42.3 Å². The van der Waals surface area contributed by atoms with Gasteiger partial charge in [0, 0.05) is 6.54 Å². The maximum Gasteiger partial charge on any atom is 0.264 e. The number of likely N-dealkylation sites (tertiary alicyclic amines) is 1. The number of hydrogen-bond donors (Lipinski definition) is 1. The lowest BCUT2D eigenvalue weighted by Gasteiger charge is -2.48. The van der Waals surface area contributed by atoms with Gasteiger partial charge in [-0.2, -0.15) is 0 Å². The molecule has 1 fully saturated rings. The van der Waals surface area contributed by atoms with E-state index in [2.05, 4.69) is 9.88 Å². The number of nitrogens with one attached hydrogen (secondary N) is 1. The van der Waals surface area contributed by atoms with Crippen molar-refractivity contribution in [2.45, 2.75) is 57.4 Å². The van der Waals surface area contributed by atoms with Crippen LogP contribution in [-0.2, 0) is 14.8 Å². The molecule has 1 aromatic carbocycles. The van der Waals surface area contributed by atoms with E-state index in [1.54, 1.807) is 32.9 Å². The molecule has 0 saturated carbocycles.